The van der Waals surface area contributed by atoms with Gasteiger partial charge in [-0.1, -0.05) is 6.42 Å². The van der Waals surface area contributed by atoms with Crippen molar-refractivity contribution in [3.05, 3.63) is 0 Å². The summed E-state index contributed by atoms with van der Waals surface area (Å²) < 4.78 is 0. The molecule has 0 aromatic carbocycles. The van der Waals surface area contributed by atoms with E-state index in [2.05, 4.69) is 28.9 Å². The maximum absolute atomic E-state index is 3.76. The first-order valence-corrected chi connectivity index (χ1v) is 7.56. The molecule has 88 valence electrons. The van der Waals surface area contributed by atoms with Crippen LogP contribution in [0.2, 0.25) is 0 Å². The molecule has 0 spiro atoms. The Labute approximate surface area is 98.2 Å². The van der Waals surface area contributed by atoms with Crippen LogP contribution in [0.15, 0.2) is 0 Å². The van der Waals surface area contributed by atoms with Crippen molar-refractivity contribution in [3.8, 4) is 0 Å². The van der Waals surface area contributed by atoms with Crippen molar-refractivity contribution in [1.82, 2.24) is 10.2 Å². The number of nitrogens with one attached hydrogen (secondary N) is 1. The second-order valence-electron chi connectivity index (χ2n) is 4.99. The Hall–Kier alpha value is 0.270. The third-order valence-electron chi connectivity index (χ3n) is 3.43. The summed E-state index contributed by atoms with van der Waals surface area (Å²) in [7, 11) is 0. The molecule has 2 rings (SSSR count). The maximum Gasteiger partial charge on any atom is 0.0169 e. The molecule has 2 saturated heterocycles. The average molecular weight is 228 g/mol. The molecule has 0 bridgehead atoms. The van der Waals surface area contributed by atoms with E-state index in [1.807, 2.05) is 0 Å². The van der Waals surface area contributed by atoms with E-state index >= 15 is 0 Å². The van der Waals surface area contributed by atoms with Gasteiger partial charge in [0.05, 0.1) is 0 Å². The third-order valence-corrected chi connectivity index (χ3v) is 4.59. The predicted molar refractivity (Wildman–Crippen MR) is 68.6 cm³/mol. The molecular weight excluding hydrogens is 204 g/mol. The summed E-state index contributed by atoms with van der Waals surface area (Å²) in [5, 5.41) is 3.76. The lowest BCUT2D eigenvalue weighted by molar-refractivity contribution is 0.205. The lowest BCUT2D eigenvalue weighted by Gasteiger charge is -2.30. The highest BCUT2D eigenvalue weighted by molar-refractivity contribution is 7.99. The van der Waals surface area contributed by atoms with Gasteiger partial charge in [-0.25, -0.2) is 0 Å². The molecule has 2 atom stereocenters. The monoisotopic (exact) mass is 228 g/mol. The molecular formula is C12H24N2S. The Bertz CT molecular complexity index is 174. The van der Waals surface area contributed by atoms with Crippen molar-refractivity contribution < 1.29 is 0 Å². The second kappa shape index (κ2) is 6.12. The minimum Gasteiger partial charge on any atom is -0.309 e. The second-order valence-corrected chi connectivity index (χ2v) is 6.14. The van der Waals surface area contributed by atoms with Crippen LogP contribution in [-0.2, 0) is 0 Å². The number of likely N-dealkylation sites (tertiary alicyclic amines) is 1. The molecule has 0 aromatic heterocycles. The number of piperidine rings is 1. The van der Waals surface area contributed by atoms with Gasteiger partial charge in [0.15, 0.2) is 0 Å². The summed E-state index contributed by atoms with van der Waals surface area (Å²) >= 11 is 2.09. The number of rotatable bonds is 4. The predicted octanol–water partition coefficient (Wildman–Crippen LogP) is 1.96. The van der Waals surface area contributed by atoms with Crippen LogP contribution in [0.4, 0.5) is 0 Å². The molecule has 2 nitrogen and oxygen atoms in total. The molecule has 2 aliphatic heterocycles. The van der Waals surface area contributed by atoms with Crippen LogP contribution >= 0.6 is 11.8 Å². The molecule has 2 aliphatic rings. The van der Waals surface area contributed by atoms with Crippen LogP contribution in [-0.4, -0.2) is 48.1 Å². The molecule has 2 unspecified atom stereocenters. The molecule has 0 saturated carbocycles. The first-order valence-electron chi connectivity index (χ1n) is 6.41. The lowest BCUT2D eigenvalue weighted by Crippen LogP contribution is -2.45. The van der Waals surface area contributed by atoms with Gasteiger partial charge >= 0.3 is 0 Å². The fourth-order valence-electron chi connectivity index (χ4n) is 2.65. The van der Waals surface area contributed by atoms with E-state index in [1.165, 1.54) is 56.8 Å². The average Bonchev–Trinajstić information content (AvgIpc) is 2.71. The number of thioether (sulfide) groups is 1. The molecule has 0 aromatic rings. The van der Waals surface area contributed by atoms with Crippen LogP contribution < -0.4 is 5.32 Å². The van der Waals surface area contributed by atoms with Crippen molar-refractivity contribution in [2.24, 2.45) is 0 Å². The first-order chi connectivity index (χ1) is 7.34. The zero-order chi connectivity index (χ0) is 10.5. The van der Waals surface area contributed by atoms with Crippen LogP contribution in [0.1, 0.15) is 32.6 Å². The SMILES string of the molecule is CC(CN1CCCCC1)NC1CCSC1. The van der Waals surface area contributed by atoms with Gasteiger partial charge in [-0.15, -0.1) is 0 Å². The minimum absolute atomic E-state index is 0.673. The highest BCUT2D eigenvalue weighted by atomic mass is 32.2. The Balaban J connectivity index is 1.64. The summed E-state index contributed by atoms with van der Waals surface area (Å²) in [5.41, 5.74) is 0. The van der Waals surface area contributed by atoms with Crippen molar-refractivity contribution in [2.45, 2.75) is 44.7 Å². The van der Waals surface area contributed by atoms with Crippen molar-refractivity contribution in [2.75, 3.05) is 31.1 Å². The Kier molecular flexibility index (Phi) is 4.79. The zero-order valence-electron chi connectivity index (χ0n) is 9.87. The first kappa shape index (κ1) is 11.7. The van der Waals surface area contributed by atoms with E-state index in [9.17, 15) is 0 Å². The summed E-state index contributed by atoms with van der Waals surface area (Å²) in [6.07, 6.45) is 5.63. The third kappa shape index (κ3) is 3.97. The van der Waals surface area contributed by atoms with Gasteiger partial charge < -0.3 is 10.2 Å². The summed E-state index contributed by atoms with van der Waals surface area (Å²) in [4.78, 5) is 2.63. The fourth-order valence-corrected chi connectivity index (χ4v) is 3.82. The summed E-state index contributed by atoms with van der Waals surface area (Å²) in [5.74, 6) is 2.68. The van der Waals surface area contributed by atoms with E-state index in [0.29, 0.717) is 6.04 Å². The van der Waals surface area contributed by atoms with Crippen molar-refractivity contribution in [3.63, 3.8) is 0 Å². The number of hydrogen-bond donors (Lipinski definition) is 1. The number of nitrogens with zero attached hydrogens (tertiary/aromatic N) is 1. The molecule has 1 N–H and O–H groups in total. The zero-order valence-corrected chi connectivity index (χ0v) is 10.7. The Morgan fingerprint density at radius 3 is 2.80 bits per heavy atom. The van der Waals surface area contributed by atoms with Crippen LogP contribution in [0.3, 0.4) is 0 Å². The molecule has 15 heavy (non-hydrogen) atoms. The maximum atomic E-state index is 3.76. The van der Waals surface area contributed by atoms with Crippen molar-refractivity contribution >= 4 is 11.8 Å². The largest absolute Gasteiger partial charge is 0.309 e. The van der Waals surface area contributed by atoms with Gasteiger partial charge in [-0.3, -0.25) is 0 Å². The van der Waals surface area contributed by atoms with Gasteiger partial charge in [-0.05, 0) is 45.0 Å². The van der Waals surface area contributed by atoms with E-state index in [4.69, 9.17) is 0 Å². The van der Waals surface area contributed by atoms with Crippen LogP contribution in [0.25, 0.3) is 0 Å². The summed E-state index contributed by atoms with van der Waals surface area (Å²) in [6.45, 7) is 6.25. The van der Waals surface area contributed by atoms with Gasteiger partial charge in [0, 0.05) is 24.4 Å². The summed E-state index contributed by atoms with van der Waals surface area (Å²) in [6, 6.07) is 1.46. The quantitative estimate of drug-likeness (QED) is 0.792. The fraction of sp³-hybridized carbons (Fsp3) is 1.00. The minimum atomic E-state index is 0.673. The lowest BCUT2D eigenvalue weighted by atomic mass is 10.1. The number of hydrogen-bond acceptors (Lipinski definition) is 3. The highest BCUT2D eigenvalue weighted by Crippen LogP contribution is 2.17. The standard InChI is InChI=1S/C12H24N2S/c1-11(13-12-5-8-15-10-12)9-14-6-3-2-4-7-14/h11-13H,2-10H2,1H3. The molecule has 0 radical (unpaired) electrons. The van der Waals surface area contributed by atoms with E-state index in [1.54, 1.807) is 0 Å². The van der Waals surface area contributed by atoms with Gasteiger partial charge in [0.25, 0.3) is 0 Å². The smallest absolute Gasteiger partial charge is 0.0169 e. The van der Waals surface area contributed by atoms with Crippen LogP contribution in [0, 0.1) is 0 Å². The van der Waals surface area contributed by atoms with E-state index in [0.717, 1.165) is 6.04 Å². The van der Waals surface area contributed by atoms with Crippen molar-refractivity contribution in [1.29, 1.82) is 0 Å². The highest BCUT2D eigenvalue weighted by Gasteiger charge is 2.19. The van der Waals surface area contributed by atoms with Crippen LogP contribution in [0.5, 0.6) is 0 Å². The normalized spacial score (nSPS) is 30.6. The van der Waals surface area contributed by atoms with Gasteiger partial charge in [0.2, 0.25) is 0 Å². The molecule has 2 heterocycles. The molecule has 2 fully saturated rings. The molecule has 0 aliphatic carbocycles. The van der Waals surface area contributed by atoms with Gasteiger partial charge in [-0.2, -0.15) is 11.8 Å². The van der Waals surface area contributed by atoms with E-state index in [-0.39, 0.29) is 0 Å². The Morgan fingerprint density at radius 1 is 1.33 bits per heavy atom. The Morgan fingerprint density at radius 2 is 2.13 bits per heavy atom. The topological polar surface area (TPSA) is 15.3 Å². The van der Waals surface area contributed by atoms with E-state index < -0.39 is 0 Å². The molecule has 3 heteroatoms. The van der Waals surface area contributed by atoms with Gasteiger partial charge in [0.1, 0.15) is 0 Å². The molecule has 0 amide bonds.